The molecule has 0 bridgehead atoms. The second-order valence-corrected chi connectivity index (χ2v) is 6.68. The minimum atomic E-state index is -0.141. The molecule has 4 rings (SSSR count). The molecule has 1 aliphatic rings. The number of nitrogens with zero attached hydrogens (tertiary/aromatic N) is 4. The number of pyridine rings is 2. The number of carbonyl (C=O) groups is 1. The average molecular weight is 334 g/mol. The number of aryl methyl sites for hydroxylation is 1. The van der Waals surface area contributed by atoms with Crippen molar-refractivity contribution < 1.29 is 4.79 Å². The summed E-state index contributed by atoms with van der Waals surface area (Å²) in [6, 6.07) is 11.9. The summed E-state index contributed by atoms with van der Waals surface area (Å²) in [5.41, 5.74) is 2.98. The highest BCUT2D eigenvalue weighted by Crippen LogP contribution is 2.19. The molecule has 3 aromatic heterocycles. The summed E-state index contributed by atoms with van der Waals surface area (Å²) in [5, 5.41) is 0. The lowest BCUT2D eigenvalue weighted by atomic mass is 9.96. The van der Waals surface area contributed by atoms with Gasteiger partial charge >= 0.3 is 0 Å². The van der Waals surface area contributed by atoms with E-state index in [1.807, 2.05) is 47.7 Å². The van der Waals surface area contributed by atoms with Crippen LogP contribution < -0.4 is 5.49 Å². The van der Waals surface area contributed by atoms with Crippen LogP contribution in [0.4, 0.5) is 0 Å². The van der Waals surface area contributed by atoms with Gasteiger partial charge in [-0.2, -0.15) is 0 Å². The normalized spacial score (nSPS) is 16.4. The summed E-state index contributed by atoms with van der Waals surface area (Å²) in [4.78, 5) is 22.3. The van der Waals surface area contributed by atoms with Gasteiger partial charge in [-0.05, 0) is 44.0 Å². The van der Waals surface area contributed by atoms with E-state index in [0.717, 1.165) is 24.2 Å². The maximum Gasteiger partial charge on any atom is 0.283 e. The van der Waals surface area contributed by atoms with Crippen LogP contribution >= 0.6 is 0 Å². The first kappa shape index (κ1) is 15.8. The lowest BCUT2D eigenvalue weighted by Gasteiger charge is -2.17. The first-order valence-electron chi connectivity index (χ1n) is 8.93. The topological polar surface area (TPSA) is 51.7 Å². The Hall–Kier alpha value is -2.69. The zero-order valence-electron chi connectivity index (χ0n) is 14.4. The molecule has 1 aliphatic carbocycles. The number of rotatable bonds is 2. The molecule has 0 aromatic carbocycles. The van der Waals surface area contributed by atoms with E-state index in [-0.39, 0.29) is 5.91 Å². The van der Waals surface area contributed by atoms with Crippen molar-refractivity contribution in [1.82, 2.24) is 14.0 Å². The number of fused-ring (bicyclic) bond motifs is 1. The van der Waals surface area contributed by atoms with Crippen LogP contribution in [-0.4, -0.2) is 25.9 Å². The summed E-state index contributed by atoms with van der Waals surface area (Å²) >= 11 is 0. The predicted molar refractivity (Wildman–Crippen MR) is 96.5 cm³/mol. The minimum Gasteiger partial charge on any atom is -0.304 e. The smallest absolute Gasteiger partial charge is 0.283 e. The van der Waals surface area contributed by atoms with Crippen LogP contribution in [0.1, 0.15) is 48.3 Å². The van der Waals surface area contributed by atoms with E-state index in [1.54, 1.807) is 17.0 Å². The number of hydrogen-bond acceptors (Lipinski definition) is 3. The van der Waals surface area contributed by atoms with Gasteiger partial charge in [0.05, 0.1) is 6.04 Å². The quantitative estimate of drug-likeness (QED) is 0.721. The number of imidazole rings is 1. The van der Waals surface area contributed by atoms with Gasteiger partial charge in [-0.15, -0.1) is 0 Å². The van der Waals surface area contributed by atoms with Crippen molar-refractivity contribution in [3.63, 3.8) is 0 Å². The van der Waals surface area contributed by atoms with Gasteiger partial charge in [-0.3, -0.25) is 14.4 Å². The monoisotopic (exact) mass is 334 g/mol. The second-order valence-electron chi connectivity index (χ2n) is 6.68. The van der Waals surface area contributed by atoms with E-state index in [2.05, 4.69) is 4.98 Å². The lowest BCUT2D eigenvalue weighted by Crippen LogP contribution is -2.29. The van der Waals surface area contributed by atoms with Gasteiger partial charge in [0.1, 0.15) is 16.8 Å². The Morgan fingerprint density at radius 1 is 1.12 bits per heavy atom. The molecule has 5 heteroatoms. The molecule has 0 radical (unpaired) electrons. The van der Waals surface area contributed by atoms with Crippen molar-refractivity contribution in [1.29, 1.82) is 0 Å². The first-order valence-corrected chi connectivity index (χ1v) is 8.93. The first-order chi connectivity index (χ1) is 12.2. The number of aromatic nitrogens is 3. The fourth-order valence-electron chi connectivity index (χ4n) is 3.48. The average Bonchev–Trinajstić information content (AvgIpc) is 3.08. The summed E-state index contributed by atoms with van der Waals surface area (Å²) in [5.74, 6) is -0.141. The Balaban J connectivity index is 1.74. The molecular weight excluding hydrogens is 312 g/mol. The van der Waals surface area contributed by atoms with Crippen LogP contribution in [0.3, 0.4) is 0 Å². The van der Waals surface area contributed by atoms with E-state index >= 15 is 0 Å². The Labute approximate surface area is 146 Å². The predicted octanol–water partition coefficient (Wildman–Crippen LogP) is 3.37. The summed E-state index contributed by atoms with van der Waals surface area (Å²) < 4.78 is 3.56. The minimum absolute atomic E-state index is 0.141. The van der Waals surface area contributed by atoms with Gasteiger partial charge in [0.25, 0.3) is 5.91 Å². The van der Waals surface area contributed by atoms with Crippen LogP contribution in [-0.2, 0) is 0 Å². The van der Waals surface area contributed by atoms with E-state index < -0.39 is 0 Å². The fourth-order valence-corrected chi connectivity index (χ4v) is 3.48. The van der Waals surface area contributed by atoms with Gasteiger partial charge in [0.15, 0.2) is 0 Å². The molecule has 128 valence electrons. The van der Waals surface area contributed by atoms with Gasteiger partial charge in [0.2, 0.25) is 0 Å². The van der Waals surface area contributed by atoms with E-state index in [4.69, 9.17) is 4.99 Å². The van der Waals surface area contributed by atoms with Crippen molar-refractivity contribution in [2.45, 2.75) is 45.1 Å². The zero-order valence-corrected chi connectivity index (χ0v) is 14.4. The lowest BCUT2D eigenvalue weighted by molar-refractivity contribution is 0.0950. The third kappa shape index (κ3) is 3.14. The zero-order chi connectivity index (χ0) is 17.2. The molecule has 0 saturated heterocycles. The van der Waals surface area contributed by atoms with E-state index in [9.17, 15) is 4.79 Å². The van der Waals surface area contributed by atoms with E-state index in [1.165, 1.54) is 19.3 Å². The van der Waals surface area contributed by atoms with Crippen LogP contribution in [0, 0.1) is 6.92 Å². The van der Waals surface area contributed by atoms with Crippen LogP contribution in [0.5, 0.6) is 0 Å². The van der Waals surface area contributed by atoms with Crippen molar-refractivity contribution in [3.05, 3.63) is 65.7 Å². The molecule has 0 N–H and O–H groups in total. The largest absolute Gasteiger partial charge is 0.304 e. The Morgan fingerprint density at radius 2 is 1.96 bits per heavy atom. The summed E-state index contributed by atoms with van der Waals surface area (Å²) in [6.07, 6.45) is 9.53. The molecule has 5 nitrogen and oxygen atoms in total. The van der Waals surface area contributed by atoms with Gasteiger partial charge in [0, 0.05) is 18.1 Å². The van der Waals surface area contributed by atoms with Gasteiger partial charge in [-0.25, -0.2) is 4.98 Å². The number of carbonyl (C=O) groups excluding carboxylic acids is 1. The molecule has 0 spiro atoms. The Bertz CT molecular complexity index is 977. The third-order valence-electron chi connectivity index (χ3n) is 4.86. The Kier molecular flexibility index (Phi) is 4.22. The van der Waals surface area contributed by atoms with Crippen LogP contribution in [0.25, 0.3) is 5.65 Å². The second kappa shape index (κ2) is 6.67. The maximum absolute atomic E-state index is 13.0. The van der Waals surface area contributed by atoms with Crippen molar-refractivity contribution >= 4 is 11.6 Å². The van der Waals surface area contributed by atoms with E-state index in [0.29, 0.717) is 17.2 Å². The SMILES string of the molecule is Cc1cccc2nc(C(=O)n3ccccc3=NC3CCCCC3)cn12. The summed E-state index contributed by atoms with van der Waals surface area (Å²) in [6.45, 7) is 2.00. The van der Waals surface area contributed by atoms with Crippen molar-refractivity contribution in [2.75, 3.05) is 0 Å². The van der Waals surface area contributed by atoms with Crippen molar-refractivity contribution in [3.8, 4) is 0 Å². The highest BCUT2D eigenvalue weighted by atomic mass is 16.2. The standard InChI is InChI=1S/C20H22N4O/c1-15-8-7-12-19-22-17(14-24(15)19)20(25)23-13-6-5-11-18(23)21-16-9-3-2-4-10-16/h5-8,11-14,16H,2-4,9-10H2,1H3. The molecule has 0 aliphatic heterocycles. The summed E-state index contributed by atoms with van der Waals surface area (Å²) in [7, 11) is 0. The van der Waals surface area contributed by atoms with Crippen molar-refractivity contribution in [2.24, 2.45) is 4.99 Å². The van der Waals surface area contributed by atoms with Gasteiger partial charge < -0.3 is 4.40 Å². The third-order valence-corrected chi connectivity index (χ3v) is 4.86. The Morgan fingerprint density at radius 3 is 2.76 bits per heavy atom. The molecule has 0 atom stereocenters. The molecule has 25 heavy (non-hydrogen) atoms. The maximum atomic E-state index is 13.0. The highest BCUT2D eigenvalue weighted by Gasteiger charge is 2.16. The molecular formula is C20H22N4O. The highest BCUT2D eigenvalue weighted by molar-refractivity contribution is 5.94. The molecule has 3 aromatic rings. The molecule has 3 heterocycles. The number of hydrogen-bond donors (Lipinski definition) is 0. The molecule has 0 amide bonds. The fraction of sp³-hybridized carbons (Fsp3) is 0.350. The molecule has 1 fully saturated rings. The van der Waals surface area contributed by atoms with Crippen LogP contribution in [0.15, 0.2) is 53.8 Å². The van der Waals surface area contributed by atoms with Gasteiger partial charge in [-0.1, -0.05) is 31.4 Å². The molecule has 0 unspecified atom stereocenters. The molecule has 1 saturated carbocycles. The van der Waals surface area contributed by atoms with Crippen LogP contribution in [0.2, 0.25) is 0 Å².